The molecule has 0 bridgehead atoms. The molecule has 4 nitrogen and oxygen atoms in total. The summed E-state index contributed by atoms with van der Waals surface area (Å²) < 4.78 is 0. The van der Waals surface area contributed by atoms with E-state index in [9.17, 15) is 4.79 Å². The van der Waals surface area contributed by atoms with Crippen LogP contribution in [-0.2, 0) is 10.2 Å². The van der Waals surface area contributed by atoms with Crippen molar-refractivity contribution < 1.29 is 4.79 Å². The first kappa shape index (κ1) is 15.7. The Morgan fingerprint density at radius 2 is 1.91 bits per heavy atom. The molecule has 118 valence electrons. The van der Waals surface area contributed by atoms with E-state index < -0.39 is 0 Å². The van der Waals surface area contributed by atoms with E-state index in [1.54, 1.807) is 24.5 Å². The topological polar surface area (TPSA) is 46.1 Å². The van der Waals surface area contributed by atoms with Gasteiger partial charge in [0.1, 0.15) is 0 Å². The van der Waals surface area contributed by atoms with E-state index in [0.29, 0.717) is 10.9 Å². The van der Waals surface area contributed by atoms with Gasteiger partial charge in [0.2, 0.25) is 0 Å². The van der Waals surface area contributed by atoms with Gasteiger partial charge in [-0.1, -0.05) is 43.8 Å². The van der Waals surface area contributed by atoms with Crippen molar-refractivity contribution in [1.82, 2.24) is 9.97 Å². The van der Waals surface area contributed by atoms with Crippen LogP contribution in [0.4, 0.5) is 5.69 Å². The van der Waals surface area contributed by atoms with Crippen LogP contribution < -0.4 is 4.90 Å². The van der Waals surface area contributed by atoms with Crippen molar-refractivity contribution in [1.29, 1.82) is 0 Å². The van der Waals surface area contributed by atoms with E-state index in [4.69, 9.17) is 0 Å². The van der Waals surface area contributed by atoms with Gasteiger partial charge in [-0.15, -0.1) is 0 Å². The Kier molecular flexibility index (Phi) is 4.22. The molecule has 2 heterocycles. The Labute approximate surface area is 140 Å². The first-order valence-corrected chi connectivity index (χ1v) is 8.47. The standard InChI is InChI=1S/C18H19N3OS/c1-18(2)14-7-4-5-8-15(14)21(3)16(18)11-13(22)12-23-17-19-9-6-10-20-17/h4-11H,12H2,1-3H3/b16-11+. The summed E-state index contributed by atoms with van der Waals surface area (Å²) in [5.74, 6) is 0.415. The van der Waals surface area contributed by atoms with Gasteiger partial charge in [0.25, 0.3) is 0 Å². The van der Waals surface area contributed by atoms with Crippen LogP contribution >= 0.6 is 11.8 Å². The number of carbonyl (C=O) groups is 1. The van der Waals surface area contributed by atoms with Gasteiger partial charge in [-0.2, -0.15) is 0 Å². The predicted molar refractivity (Wildman–Crippen MR) is 93.7 cm³/mol. The molecular weight excluding hydrogens is 306 g/mol. The molecule has 1 aliphatic heterocycles. The summed E-state index contributed by atoms with van der Waals surface area (Å²) in [4.78, 5) is 22.7. The number of aromatic nitrogens is 2. The fourth-order valence-corrected chi connectivity index (χ4v) is 3.57. The van der Waals surface area contributed by atoms with Gasteiger partial charge in [-0.05, 0) is 17.7 Å². The number of fused-ring (bicyclic) bond motifs is 1. The largest absolute Gasteiger partial charge is 0.347 e. The third kappa shape index (κ3) is 3.01. The lowest BCUT2D eigenvalue weighted by molar-refractivity contribution is -0.112. The molecule has 0 unspecified atom stereocenters. The summed E-state index contributed by atoms with van der Waals surface area (Å²) in [7, 11) is 2.01. The highest BCUT2D eigenvalue weighted by Gasteiger charge is 2.38. The Balaban J connectivity index is 1.78. The normalized spacial score (nSPS) is 17.3. The van der Waals surface area contributed by atoms with Crippen LogP contribution in [0, 0.1) is 0 Å². The fraction of sp³-hybridized carbons (Fsp3) is 0.278. The zero-order chi connectivity index (χ0) is 16.4. The summed E-state index contributed by atoms with van der Waals surface area (Å²) >= 11 is 1.36. The molecule has 0 atom stereocenters. The molecule has 0 radical (unpaired) electrons. The summed E-state index contributed by atoms with van der Waals surface area (Å²) in [6.07, 6.45) is 5.13. The predicted octanol–water partition coefficient (Wildman–Crippen LogP) is 3.45. The maximum atomic E-state index is 12.4. The second-order valence-corrected chi connectivity index (χ2v) is 6.96. The van der Waals surface area contributed by atoms with Crippen molar-refractivity contribution in [2.75, 3.05) is 17.7 Å². The van der Waals surface area contributed by atoms with Gasteiger partial charge in [-0.3, -0.25) is 4.79 Å². The third-order valence-electron chi connectivity index (χ3n) is 4.12. The number of benzene rings is 1. The minimum Gasteiger partial charge on any atom is -0.347 e. The summed E-state index contributed by atoms with van der Waals surface area (Å²) in [5, 5.41) is 0.626. The van der Waals surface area contributed by atoms with Crippen molar-refractivity contribution >= 4 is 23.2 Å². The minimum absolute atomic E-state index is 0.0742. The van der Waals surface area contributed by atoms with Crippen molar-refractivity contribution in [3.05, 3.63) is 60.1 Å². The van der Waals surface area contributed by atoms with E-state index in [1.165, 1.54) is 17.3 Å². The zero-order valence-electron chi connectivity index (χ0n) is 13.5. The molecule has 0 aliphatic carbocycles. The number of ketones is 1. The van der Waals surface area contributed by atoms with Crippen LogP contribution in [0.3, 0.4) is 0 Å². The van der Waals surface area contributed by atoms with Crippen LogP contribution in [0.15, 0.2) is 59.7 Å². The Bertz CT molecular complexity index is 756. The lowest BCUT2D eigenvalue weighted by atomic mass is 9.83. The number of carbonyl (C=O) groups excluding carboxylic acids is 1. The smallest absolute Gasteiger partial charge is 0.187 e. The Hall–Kier alpha value is -2.14. The number of hydrogen-bond acceptors (Lipinski definition) is 5. The van der Waals surface area contributed by atoms with Crippen molar-refractivity contribution in [3.63, 3.8) is 0 Å². The van der Waals surface area contributed by atoms with E-state index >= 15 is 0 Å². The Morgan fingerprint density at radius 3 is 2.61 bits per heavy atom. The maximum Gasteiger partial charge on any atom is 0.187 e. The number of anilines is 1. The molecule has 0 fully saturated rings. The van der Waals surface area contributed by atoms with Gasteiger partial charge in [0, 0.05) is 42.3 Å². The first-order valence-electron chi connectivity index (χ1n) is 7.48. The van der Waals surface area contributed by atoms with E-state index in [2.05, 4.69) is 40.8 Å². The number of rotatable bonds is 4. The molecule has 0 saturated carbocycles. The first-order chi connectivity index (χ1) is 11.0. The molecule has 0 spiro atoms. The fourth-order valence-electron chi connectivity index (χ4n) is 2.95. The number of nitrogens with zero attached hydrogens (tertiary/aromatic N) is 3. The highest BCUT2D eigenvalue weighted by molar-refractivity contribution is 7.99. The maximum absolute atomic E-state index is 12.4. The average Bonchev–Trinajstić information content (AvgIpc) is 2.75. The van der Waals surface area contributed by atoms with Crippen LogP contribution in [-0.4, -0.2) is 28.6 Å². The quantitative estimate of drug-likeness (QED) is 0.489. The van der Waals surface area contributed by atoms with Crippen LogP contribution in [0.5, 0.6) is 0 Å². The number of allylic oxidation sites excluding steroid dienone is 2. The molecular formula is C18H19N3OS. The van der Waals surface area contributed by atoms with Gasteiger partial charge in [0.05, 0.1) is 5.75 Å². The molecule has 23 heavy (non-hydrogen) atoms. The van der Waals surface area contributed by atoms with Crippen molar-refractivity contribution in [2.45, 2.75) is 24.4 Å². The minimum atomic E-state index is -0.172. The van der Waals surface area contributed by atoms with Gasteiger partial charge < -0.3 is 4.90 Å². The molecule has 0 amide bonds. The molecule has 0 N–H and O–H groups in total. The van der Waals surface area contributed by atoms with Crippen LogP contribution in [0.1, 0.15) is 19.4 Å². The van der Waals surface area contributed by atoms with Crippen LogP contribution in [0.2, 0.25) is 0 Å². The number of hydrogen-bond donors (Lipinski definition) is 0. The molecule has 2 aromatic rings. The number of para-hydroxylation sites is 1. The molecule has 5 heteroatoms. The number of thioether (sulfide) groups is 1. The summed E-state index contributed by atoms with van der Waals surface area (Å²) in [6.45, 7) is 4.31. The van der Waals surface area contributed by atoms with Gasteiger partial charge in [0.15, 0.2) is 10.9 Å². The monoisotopic (exact) mass is 325 g/mol. The molecule has 0 saturated heterocycles. The van der Waals surface area contributed by atoms with Gasteiger partial charge >= 0.3 is 0 Å². The second kappa shape index (κ2) is 6.16. The van der Waals surface area contributed by atoms with Gasteiger partial charge in [-0.25, -0.2) is 9.97 Å². The zero-order valence-corrected chi connectivity index (χ0v) is 14.3. The summed E-state index contributed by atoms with van der Waals surface area (Å²) in [6, 6.07) is 10.1. The van der Waals surface area contributed by atoms with E-state index in [0.717, 1.165) is 11.4 Å². The summed E-state index contributed by atoms with van der Waals surface area (Å²) in [5.41, 5.74) is 3.27. The lowest BCUT2D eigenvalue weighted by Gasteiger charge is -2.23. The van der Waals surface area contributed by atoms with Crippen molar-refractivity contribution in [2.24, 2.45) is 0 Å². The van der Waals surface area contributed by atoms with E-state index in [1.807, 2.05) is 19.2 Å². The molecule has 3 rings (SSSR count). The SMILES string of the molecule is CN1/C(=C/C(=O)CSc2ncccn2)C(C)(C)c2ccccc21. The average molecular weight is 325 g/mol. The van der Waals surface area contributed by atoms with Crippen LogP contribution in [0.25, 0.3) is 0 Å². The second-order valence-electron chi connectivity index (χ2n) is 6.02. The third-order valence-corrected chi connectivity index (χ3v) is 5.02. The number of likely N-dealkylation sites (N-methyl/N-ethyl adjacent to an activating group) is 1. The highest BCUT2D eigenvalue weighted by atomic mass is 32.2. The lowest BCUT2D eigenvalue weighted by Crippen LogP contribution is -2.24. The molecule has 1 aromatic carbocycles. The van der Waals surface area contributed by atoms with Crippen molar-refractivity contribution in [3.8, 4) is 0 Å². The molecule has 1 aromatic heterocycles. The van der Waals surface area contributed by atoms with E-state index in [-0.39, 0.29) is 11.2 Å². The Morgan fingerprint density at radius 1 is 1.22 bits per heavy atom. The molecule has 1 aliphatic rings. The highest BCUT2D eigenvalue weighted by Crippen LogP contribution is 2.46.